The van der Waals surface area contributed by atoms with Crippen molar-refractivity contribution in [3.05, 3.63) is 59.7 Å². The molecule has 0 bridgehead atoms. The van der Waals surface area contributed by atoms with E-state index in [1.54, 1.807) is 0 Å². The van der Waals surface area contributed by atoms with Crippen molar-refractivity contribution in [3.8, 4) is 11.1 Å². The van der Waals surface area contributed by atoms with Crippen LogP contribution in [0.15, 0.2) is 48.5 Å². The predicted octanol–water partition coefficient (Wildman–Crippen LogP) is 4.51. The predicted molar refractivity (Wildman–Crippen MR) is 109 cm³/mol. The van der Waals surface area contributed by atoms with Crippen molar-refractivity contribution in [2.75, 3.05) is 13.2 Å². The first kappa shape index (κ1) is 18.2. The van der Waals surface area contributed by atoms with Crippen molar-refractivity contribution in [1.29, 1.82) is 0 Å². The molecule has 0 aromatic heterocycles. The lowest BCUT2D eigenvalue weighted by atomic mass is 9.78. The van der Waals surface area contributed by atoms with Crippen LogP contribution in [0.1, 0.15) is 42.7 Å². The Hall–Kier alpha value is -2.82. The van der Waals surface area contributed by atoms with Crippen molar-refractivity contribution in [3.63, 3.8) is 0 Å². The normalized spacial score (nSPS) is 25.2. The van der Waals surface area contributed by atoms with Gasteiger partial charge in [0.2, 0.25) is 0 Å². The molecule has 1 unspecified atom stereocenters. The molecule has 2 aromatic rings. The molecule has 0 radical (unpaired) electrons. The second-order valence-electron chi connectivity index (χ2n) is 8.45. The van der Waals surface area contributed by atoms with E-state index in [0.717, 1.165) is 36.8 Å². The van der Waals surface area contributed by atoms with Gasteiger partial charge in [-0.25, -0.2) is 9.59 Å². The van der Waals surface area contributed by atoms with Gasteiger partial charge in [-0.15, -0.1) is 0 Å². The monoisotopic (exact) mass is 391 g/mol. The van der Waals surface area contributed by atoms with E-state index in [1.165, 1.54) is 16.0 Å². The van der Waals surface area contributed by atoms with Crippen molar-refractivity contribution >= 4 is 12.1 Å². The van der Waals surface area contributed by atoms with E-state index in [0.29, 0.717) is 6.54 Å². The maximum Gasteiger partial charge on any atom is 0.410 e. The van der Waals surface area contributed by atoms with Gasteiger partial charge in [-0.2, -0.15) is 0 Å². The molecule has 5 nitrogen and oxygen atoms in total. The van der Waals surface area contributed by atoms with Gasteiger partial charge in [0.1, 0.15) is 12.6 Å². The second kappa shape index (κ2) is 7.21. The number of fused-ring (bicyclic) bond motifs is 4. The Morgan fingerprint density at radius 2 is 1.59 bits per heavy atom. The molecule has 29 heavy (non-hydrogen) atoms. The number of hydrogen-bond donors (Lipinski definition) is 1. The summed E-state index contributed by atoms with van der Waals surface area (Å²) in [5.74, 6) is -0.584. The van der Waals surface area contributed by atoms with Crippen LogP contribution in [0.25, 0.3) is 11.1 Å². The molecule has 1 saturated carbocycles. The lowest BCUT2D eigenvalue weighted by Gasteiger charge is -2.27. The number of nitrogens with zero attached hydrogens (tertiary/aromatic N) is 1. The summed E-state index contributed by atoms with van der Waals surface area (Å²) in [6, 6.07) is 15.7. The van der Waals surface area contributed by atoms with Crippen LogP contribution in [-0.4, -0.2) is 41.3 Å². The van der Waals surface area contributed by atoms with Gasteiger partial charge >= 0.3 is 12.1 Å². The summed E-state index contributed by atoms with van der Waals surface area (Å²) in [6.07, 6.45) is 3.56. The number of carboxylic acid groups (broad SMARTS) is 1. The van der Waals surface area contributed by atoms with Crippen molar-refractivity contribution in [1.82, 2.24) is 4.90 Å². The van der Waals surface area contributed by atoms with E-state index in [4.69, 9.17) is 4.74 Å². The minimum absolute atomic E-state index is 0.0143. The summed E-state index contributed by atoms with van der Waals surface area (Å²) < 4.78 is 5.73. The molecule has 5 heteroatoms. The van der Waals surface area contributed by atoms with Crippen LogP contribution in [0, 0.1) is 11.8 Å². The number of aliphatic carboxylic acids is 1. The molecular weight excluding hydrogens is 366 g/mol. The fourth-order valence-corrected chi connectivity index (χ4v) is 5.66. The average Bonchev–Trinajstić information content (AvgIpc) is 3.28. The Morgan fingerprint density at radius 1 is 0.966 bits per heavy atom. The fourth-order valence-electron chi connectivity index (χ4n) is 5.66. The van der Waals surface area contributed by atoms with Crippen molar-refractivity contribution < 1.29 is 19.4 Å². The summed E-state index contributed by atoms with van der Waals surface area (Å²) in [5, 5.41) is 9.76. The molecule has 3 aliphatic rings. The number of carboxylic acids is 1. The van der Waals surface area contributed by atoms with E-state index in [2.05, 4.69) is 24.3 Å². The van der Waals surface area contributed by atoms with E-state index >= 15 is 0 Å². The van der Waals surface area contributed by atoms with Gasteiger partial charge in [-0.3, -0.25) is 4.90 Å². The van der Waals surface area contributed by atoms with Crippen LogP contribution in [0.2, 0.25) is 0 Å². The Morgan fingerprint density at radius 3 is 2.24 bits per heavy atom. The molecule has 1 amide bonds. The molecular formula is C24H25NO4. The number of hydrogen-bond acceptors (Lipinski definition) is 3. The van der Waals surface area contributed by atoms with Gasteiger partial charge < -0.3 is 9.84 Å². The van der Waals surface area contributed by atoms with E-state index in [9.17, 15) is 14.7 Å². The topological polar surface area (TPSA) is 66.8 Å². The van der Waals surface area contributed by atoms with Gasteiger partial charge in [0.05, 0.1) is 0 Å². The third-order valence-corrected chi connectivity index (χ3v) is 6.96. The van der Waals surface area contributed by atoms with Crippen LogP contribution >= 0.6 is 0 Å². The number of benzene rings is 2. The molecule has 5 rings (SSSR count). The number of likely N-dealkylation sites (tertiary alicyclic amines) is 1. The smallest absolute Gasteiger partial charge is 0.410 e. The Bertz CT molecular complexity index is 910. The number of rotatable bonds is 3. The van der Waals surface area contributed by atoms with E-state index in [1.807, 2.05) is 24.3 Å². The number of amides is 1. The highest BCUT2D eigenvalue weighted by Gasteiger charge is 2.49. The summed E-state index contributed by atoms with van der Waals surface area (Å²) in [5.41, 5.74) is 4.68. The second-order valence-corrected chi connectivity index (χ2v) is 8.45. The highest BCUT2D eigenvalue weighted by Crippen LogP contribution is 2.45. The van der Waals surface area contributed by atoms with Crippen molar-refractivity contribution in [2.24, 2.45) is 11.8 Å². The molecule has 1 aliphatic heterocycles. The minimum Gasteiger partial charge on any atom is -0.480 e. The van der Waals surface area contributed by atoms with E-state index < -0.39 is 18.1 Å². The van der Waals surface area contributed by atoms with Gasteiger partial charge in [-0.1, -0.05) is 61.4 Å². The van der Waals surface area contributed by atoms with Crippen LogP contribution in [0.5, 0.6) is 0 Å². The first-order valence-electron chi connectivity index (χ1n) is 10.5. The van der Waals surface area contributed by atoms with Crippen molar-refractivity contribution in [2.45, 2.75) is 37.6 Å². The number of carbonyl (C=O) groups excluding carboxylic acids is 1. The van der Waals surface area contributed by atoms with Crippen LogP contribution < -0.4 is 0 Å². The lowest BCUT2D eigenvalue weighted by molar-refractivity contribution is -0.143. The number of carbonyl (C=O) groups is 2. The van der Waals surface area contributed by atoms with Gasteiger partial charge in [0.15, 0.2) is 0 Å². The molecule has 2 fully saturated rings. The summed E-state index contributed by atoms with van der Waals surface area (Å²) >= 11 is 0. The first-order chi connectivity index (χ1) is 14.1. The third-order valence-electron chi connectivity index (χ3n) is 6.96. The Kier molecular flexibility index (Phi) is 4.53. The quantitative estimate of drug-likeness (QED) is 0.836. The summed E-state index contributed by atoms with van der Waals surface area (Å²) in [6.45, 7) is 0.726. The zero-order valence-electron chi connectivity index (χ0n) is 16.3. The molecule has 1 saturated heterocycles. The Labute approximate surface area is 170 Å². The zero-order chi connectivity index (χ0) is 20.0. The summed E-state index contributed by atoms with van der Waals surface area (Å²) in [7, 11) is 0. The highest BCUT2D eigenvalue weighted by atomic mass is 16.6. The van der Waals surface area contributed by atoms with Gasteiger partial charge in [-0.05, 0) is 46.9 Å². The van der Waals surface area contributed by atoms with Gasteiger partial charge in [0, 0.05) is 12.5 Å². The van der Waals surface area contributed by atoms with Gasteiger partial charge in [0.25, 0.3) is 0 Å². The summed E-state index contributed by atoms with van der Waals surface area (Å²) in [4.78, 5) is 26.3. The Balaban J connectivity index is 1.35. The highest BCUT2D eigenvalue weighted by molar-refractivity contribution is 5.82. The molecule has 2 aromatic carbocycles. The van der Waals surface area contributed by atoms with Crippen LogP contribution in [0.3, 0.4) is 0 Å². The first-order valence-corrected chi connectivity index (χ1v) is 10.5. The minimum atomic E-state index is -0.909. The molecule has 0 spiro atoms. The van der Waals surface area contributed by atoms with E-state index in [-0.39, 0.29) is 24.4 Å². The maximum absolute atomic E-state index is 12.9. The lowest BCUT2D eigenvalue weighted by Crippen LogP contribution is -2.44. The molecule has 150 valence electrons. The third kappa shape index (κ3) is 3.00. The zero-order valence-corrected chi connectivity index (χ0v) is 16.3. The molecule has 1 N–H and O–H groups in total. The maximum atomic E-state index is 12.9. The SMILES string of the molecule is O=C(O)C1[C@@H]2CCCC[C@@H]2CN1C(=O)OCC1c2ccccc2-c2ccccc21. The fraction of sp³-hybridized carbons (Fsp3) is 0.417. The molecule has 1 heterocycles. The standard InChI is InChI=1S/C24H25NO4/c26-23(27)22-16-8-2-1-7-15(16)13-25(22)24(28)29-14-21-19-11-5-3-9-17(19)18-10-4-6-12-20(18)21/h3-6,9-12,15-16,21-22H,1-2,7-8,13-14H2,(H,26,27)/t15-,16-,22?/m1/s1. The average molecular weight is 391 g/mol. The number of ether oxygens (including phenoxy) is 1. The largest absolute Gasteiger partial charge is 0.480 e. The molecule has 3 atom stereocenters. The molecule has 2 aliphatic carbocycles. The van der Waals surface area contributed by atoms with Crippen LogP contribution in [0.4, 0.5) is 4.79 Å². The van der Waals surface area contributed by atoms with Crippen LogP contribution in [-0.2, 0) is 9.53 Å².